The highest BCUT2D eigenvalue weighted by molar-refractivity contribution is 5.90. The van der Waals surface area contributed by atoms with Gasteiger partial charge in [0.05, 0.1) is 6.20 Å². The Morgan fingerprint density at radius 1 is 1.26 bits per heavy atom. The molecule has 1 heterocycles. The maximum Gasteiger partial charge on any atom is 0.156 e. The Bertz CT molecular complexity index is 504. The maximum absolute atomic E-state index is 9.08. The van der Waals surface area contributed by atoms with Crippen LogP contribution in [0.15, 0.2) is 30.5 Å². The van der Waals surface area contributed by atoms with E-state index >= 15 is 0 Å². The second-order valence-electron chi connectivity index (χ2n) is 4.83. The first-order chi connectivity index (χ1) is 9.35. The number of anilines is 1. The zero-order valence-electron chi connectivity index (χ0n) is 11.3. The summed E-state index contributed by atoms with van der Waals surface area (Å²) in [4.78, 5) is 0. The standard InChI is InChI=1S/C15H21N3O/c1-2-5-12(8-9-19)10-16-15-14-7-4-3-6-13(14)11-17-18-15/h3-4,6-7,11-12,19H,2,5,8-10H2,1H3,(H,16,18). The fourth-order valence-electron chi connectivity index (χ4n) is 2.34. The minimum atomic E-state index is 0.244. The van der Waals surface area contributed by atoms with Gasteiger partial charge in [-0.3, -0.25) is 0 Å². The first-order valence-corrected chi connectivity index (χ1v) is 6.90. The normalized spacial score (nSPS) is 12.5. The van der Waals surface area contributed by atoms with Crippen LogP contribution in [-0.4, -0.2) is 28.5 Å². The van der Waals surface area contributed by atoms with Gasteiger partial charge in [0.1, 0.15) is 0 Å². The van der Waals surface area contributed by atoms with E-state index in [1.54, 1.807) is 6.20 Å². The smallest absolute Gasteiger partial charge is 0.156 e. The molecule has 2 N–H and O–H groups in total. The summed E-state index contributed by atoms with van der Waals surface area (Å²) in [5, 5.41) is 22.8. The molecule has 2 aromatic rings. The lowest BCUT2D eigenvalue weighted by atomic mass is 10.0. The van der Waals surface area contributed by atoms with E-state index in [0.717, 1.165) is 42.4 Å². The number of fused-ring (bicyclic) bond motifs is 1. The molecule has 0 radical (unpaired) electrons. The van der Waals surface area contributed by atoms with E-state index in [0.29, 0.717) is 5.92 Å². The fraction of sp³-hybridized carbons (Fsp3) is 0.467. The van der Waals surface area contributed by atoms with Crippen LogP contribution in [-0.2, 0) is 0 Å². The number of benzene rings is 1. The average molecular weight is 259 g/mol. The Morgan fingerprint density at radius 2 is 2.11 bits per heavy atom. The first-order valence-electron chi connectivity index (χ1n) is 6.90. The van der Waals surface area contributed by atoms with E-state index in [4.69, 9.17) is 5.11 Å². The highest BCUT2D eigenvalue weighted by Gasteiger charge is 2.09. The Morgan fingerprint density at radius 3 is 2.89 bits per heavy atom. The summed E-state index contributed by atoms with van der Waals surface area (Å²) >= 11 is 0. The van der Waals surface area contributed by atoms with E-state index < -0.39 is 0 Å². The van der Waals surface area contributed by atoms with Crippen molar-refractivity contribution in [3.63, 3.8) is 0 Å². The van der Waals surface area contributed by atoms with Gasteiger partial charge in [0, 0.05) is 23.9 Å². The Kier molecular flexibility index (Phi) is 5.10. The molecule has 4 nitrogen and oxygen atoms in total. The third-order valence-corrected chi connectivity index (χ3v) is 3.36. The second-order valence-corrected chi connectivity index (χ2v) is 4.83. The van der Waals surface area contributed by atoms with Gasteiger partial charge in [-0.05, 0) is 18.8 Å². The summed E-state index contributed by atoms with van der Waals surface area (Å²) in [6.07, 6.45) is 4.86. The monoisotopic (exact) mass is 259 g/mol. The summed E-state index contributed by atoms with van der Waals surface area (Å²) in [6.45, 7) is 3.24. The second kappa shape index (κ2) is 7.04. The van der Waals surface area contributed by atoms with Crippen molar-refractivity contribution in [2.45, 2.75) is 26.2 Å². The predicted molar refractivity (Wildman–Crippen MR) is 78.1 cm³/mol. The molecule has 1 aromatic heterocycles. The lowest BCUT2D eigenvalue weighted by Gasteiger charge is -2.16. The quantitative estimate of drug-likeness (QED) is 0.802. The number of rotatable bonds is 7. The van der Waals surface area contributed by atoms with Gasteiger partial charge in [0.2, 0.25) is 0 Å². The minimum absolute atomic E-state index is 0.244. The van der Waals surface area contributed by atoms with E-state index in [-0.39, 0.29) is 6.61 Å². The van der Waals surface area contributed by atoms with Gasteiger partial charge in [-0.25, -0.2) is 0 Å². The topological polar surface area (TPSA) is 58.0 Å². The van der Waals surface area contributed by atoms with Crippen molar-refractivity contribution in [2.24, 2.45) is 5.92 Å². The summed E-state index contributed by atoms with van der Waals surface area (Å²) in [5.74, 6) is 1.31. The average Bonchev–Trinajstić information content (AvgIpc) is 2.45. The molecule has 102 valence electrons. The van der Waals surface area contributed by atoms with E-state index in [2.05, 4.69) is 22.4 Å². The molecule has 4 heteroatoms. The van der Waals surface area contributed by atoms with Crippen molar-refractivity contribution in [1.82, 2.24) is 10.2 Å². The van der Waals surface area contributed by atoms with E-state index in [1.807, 2.05) is 24.3 Å². The number of aromatic nitrogens is 2. The van der Waals surface area contributed by atoms with Crippen LogP contribution < -0.4 is 5.32 Å². The Hall–Kier alpha value is -1.68. The first kappa shape index (κ1) is 13.7. The van der Waals surface area contributed by atoms with Crippen LogP contribution in [0.5, 0.6) is 0 Å². The van der Waals surface area contributed by atoms with Gasteiger partial charge in [-0.1, -0.05) is 37.6 Å². The predicted octanol–water partition coefficient (Wildman–Crippen LogP) is 2.84. The highest BCUT2D eigenvalue weighted by Crippen LogP contribution is 2.20. The molecule has 0 aliphatic rings. The number of aliphatic hydroxyl groups is 1. The van der Waals surface area contributed by atoms with Crippen LogP contribution in [0.25, 0.3) is 10.8 Å². The summed E-state index contributed by atoms with van der Waals surface area (Å²) in [7, 11) is 0. The molecule has 1 unspecified atom stereocenters. The molecule has 0 saturated carbocycles. The summed E-state index contributed by atoms with van der Waals surface area (Å²) in [5.41, 5.74) is 0. The van der Waals surface area contributed by atoms with E-state index in [9.17, 15) is 0 Å². The molecule has 2 rings (SSSR count). The molecule has 1 atom stereocenters. The lowest BCUT2D eigenvalue weighted by molar-refractivity contribution is 0.255. The molecular formula is C15H21N3O. The number of hydrogen-bond acceptors (Lipinski definition) is 4. The van der Waals surface area contributed by atoms with Crippen LogP contribution in [0.1, 0.15) is 26.2 Å². The van der Waals surface area contributed by atoms with Crippen molar-refractivity contribution >= 4 is 16.6 Å². The van der Waals surface area contributed by atoms with Crippen molar-refractivity contribution in [3.05, 3.63) is 30.5 Å². The van der Waals surface area contributed by atoms with Gasteiger partial charge in [0.25, 0.3) is 0 Å². The summed E-state index contributed by atoms with van der Waals surface area (Å²) in [6, 6.07) is 8.09. The van der Waals surface area contributed by atoms with Crippen LogP contribution in [0.2, 0.25) is 0 Å². The zero-order chi connectivity index (χ0) is 13.5. The number of aliphatic hydroxyl groups excluding tert-OH is 1. The van der Waals surface area contributed by atoms with Crippen molar-refractivity contribution < 1.29 is 5.11 Å². The molecule has 0 aliphatic carbocycles. The molecule has 0 bridgehead atoms. The molecule has 1 aromatic carbocycles. The van der Waals surface area contributed by atoms with E-state index in [1.165, 1.54) is 0 Å². The van der Waals surface area contributed by atoms with Gasteiger partial charge in [-0.2, -0.15) is 5.10 Å². The summed E-state index contributed by atoms with van der Waals surface area (Å²) < 4.78 is 0. The third kappa shape index (κ3) is 3.64. The largest absolute Gasteiger partial charge is 0.396 e. The van der Waals surface area contributed by atoms with Crippen LogP contribution in [0.4, 0.5) is 5.82 Å². The molecule has 0 spiro atoms. The van der Waals surface area contributed by atoms with Gasteiger partial charge < -0.3 is 10.4 Å². The maximum atomic E-state index is 9.08. The molecular weight excluding hydrogens is 238 g/mol. The van der Waals surface area contributed by atoms with Crippen molar-refractivity contribution in [2.75, 3.05) is 18.5 Å². The number of nitrogens with one attached hydrogen (secondary N) is 1. The molecule has 0 amide bonds. The third-order valence-electron chi connectivity index (χ3n) is 3.36. The Labute approximate surface area is 113 Å². The fourth-order valence-corrected chi connectivity index (χ4v) is 2.34. The lowest BCUT2D eigenvalue weighted by Crippen LogP contribution is -2.16. The molecule has 19 heavy (non-hydrogen) atoms. The number of hydrogen-bond donors (Lipinski definition) is 2. The zero-order valence-corrected chi connectivity index (χ0v) is 11.3. The van der Waals surface area contributed by atoms with Crippen LogP contribution >= 0.6 is 0 Å². The van der Waals surface area contributed by atoms with Gasteiger partial charge >= 0.3 is 0 Å². The van der Waals surface area contributed by atoms with Crippen molar-refractivity contribution in [1.29, 1.82) is 0 Å². The molecule has 0 aliphatic heterocycles. The SMILES string of the molecule is CCCC(CCO)CNc1nncc2ccccc12. The van der Waals surface area contributed by atoms with Crippen LogP contribution in [0, 0.1) is 5.92 Å². The van der Waals surface area contributed by atoms with Crippen LogP contribution in [0.3, 0.4) is 0 Å². The van der Waals surface area contributed by atoms with Gasteiger partial charge in [0.15, 0.2) is 5.82 Å². The van der Waals surface area contributed by atoms with Gasteiger partial charge in [-0.15, -0.1) is 5.10 Å². The number of nitrogens with zero attached hydrogens (tertiary/aromatic N) is 2. The molecule has 0 fully saturated rings. The Balaban J connectivity index is 2.08. The minimum Gasteiger partial charge on any atom is -0.396 e. The van der Waals surface area contributed by atoms with Crippen molar-refractivity contribution in [3.8, 4) is 0 Å². The molecule has 0 saturated heterocycles. The highest BCUT2D eigenvalue weighted by atomic mass is 16.3.